The number of rotatable bonds is 2. The van der Waals surface area contributed by atoms with Crippen molar-refractivity contribution in [2.24, 2.45) is 5.92 Å². The first-order valence-corrected chi connectivity index (χ1v) is 4.58. The van der Waals surface area contributed by atoms with Gasteiger partial charge in [0.25, 0.3) is 0 Å². The van der Waals surface area contributed by atoms with Crippen molar-refractivity contribution in [3.8, 4) is 0 Å². The zero-order valence-electron chi connectivity index (χ0n) is 7.79. The second-order valence-electron chi connectivity index (χ2n) is 3.74. The fourth-order valence-corrected chi connectivity index (χ4v) is 1.66. The number of carboxylic acid groups (broad SMARTS) is 1. The standard InChI is InChI=1S/C9H17NO2.Li.H/c1-7(2)10-5-3-8(4-6-10)9(11)12;;/h7-8H,3-6H2,1-2H3,(H,11,12);;. The van der Waals surface area contributed by atoms with E-state index in [9.17, 15) is 4.79 Å². The van der Waals surface area contributed by atoms with Crippen molar-refractivity contribution in [2.75, 3.05) is 13.1 Å². The van der Waals surface area contributed by atoms with Crippen molar-refractivity contribution < 1.29 is 9.90 Å². The Bertz CT molecular complexity index is 165. The van der Waals surface area contributed by atoms with E-state index in [0.717, 1.165) is 25.9 Å². The molecule has 0 aliphatic carbocycles. The van der Waals surface area contributed by atoms with E-state index in [1.54, 1.807) is 0 Å². The van der Waals surface area contributed by atoms with Gasteiger partial charge in [-0.05, 0) is 39.8 Å². The molecule has 1 heterocycles. The molecule has 13 heavy (non-hydrogen) atoms. The molecule has 0 aromatic heterocycles. The monoisotopic (exact) mass is 179 g/mol. The minimum absolute atomic E-state index is 0. The van der Waals surface area contributed by atoms with Gasteiger partial charge in [0.1, 0.15) is 0 Å². The Morgan fingerprint density at radius 1 is 1.38 bits per heavy atom. The van der Waals surface area contributed by atoms with Gasteiger partial charge in [0.15, 0.2) is 0 Å². The van der Waals surface area contributed by atoms with Gasteiger partial charge < -0.3 is 10.0 Å². The number of likely N-dealkylation sites (tertiary alicyclic amines) is 1. The summed E-state index contributed by atoms with van der Waals surface area (Å²) in [6, 6.07) is 0.555. The molecule has 3 nitrogen and oxygen atoms in total. The first-order chi connectivity index (χ1) is 5.61. The number of carboxylic acids is 1. The molecule has 0 saturated carbocycles. The topological polar surface area (TPSA) is 40.5 Å². The summed E-state index contributed by atoms with van der Waals surface area (Å²) in [5.41, 5.74) is 0. The quantitative estimate of drug-likeness (QED) is 0.629. The van der Waals surface area contributed by atoms with Crippen molar-refractivity contribution in [1.29, 1.82) is 0 Å². The normalized spacial score (nSPS) is 19.9. The summed E-state index contributed by atoms with van der Waals surface area (Å²) in [6.07, 6.45) is 1.63. The molecule has 0 bridgehead atoms. The average Bonchev–Trinajstić information content (AvgIpc) is 2.04. The number of aliphatic carboxylic acids is 1. The molecule has 1 N–H and O–H groups in total. The summed E-state index contributed by atoms with van der Waals surface area (Å²) >= 11 is 0. The predicted octanol–water partition coefficient (Wildman–Crippen LogP) is 0.543. The van der Waals surface area contributed by atoms with Crippen LogP contribution < -0.4 is 0 Å². The van der Waals surface area contributed by atoms with Gasteiger partial charge in [0, 0.05) is 6.04 Å². The molecule has 72 valence electrons. The SMILES string of the molecule is CC(C)N1CCC(C(=O)O)CC1.[LiH]. The van der Waals surface area contributed by atoms with Crippen molar-refractivity contribution in [1.82, 2.24) is 4.90 Å². The van der Waals surface area contributed by atoms with Crippen molar-refractivity contribution in [2.45, 2.75) is 32.7 Å². The van der Waals surface area contributed by atoms with Crippen molar-refractivity contribution in [3.63, 3.8) is 0 Å². The second kappa shape index (κ2) is 5.69. The van der Waals surface area contributed by atoms with Crippen molar-refractivity contribution >= 4 is 24.8 Å². The molecule has 1 rings (SSSR count). The van der Waals surface area contributed by atoms with Crippen LogP contribution in [0.2, 0.25) is 0 Å². The van der Waals surface area contributed by atoms with E-state index in [2.05, 4.69) is 18.7 Å². The second-order valence-corrected chi connectivity index (χ2v) is 3.74. The molecule has 4 heteroatoms. The maximum atomic E-state index is 10.6. The van der Waals surface area contributed by atoms with Crippen LogP contribution in [0, 0.1) is 5.92 Å². The number of hydrogen-bond acceptors (Lipinski definition) is 2. The molecule has 1 saturated heterocycles. The summed E-state index contributed by atoms with van der Waals surface area (Å²) in [6.45, 7) is 6.19. The van der Waals surface area contributed by atoms with E-state index in [1.807, 2.05) is 0 Å². The predicted molar refractivity (Wildman–Crippen MR) is 54.2 cm³/mol. The van der Waals surface area contributed by atoms with Crippen LogP contribution in [0.4, 0.5) is 0 Å². The van der Waals surface area contributed by atoms with E-state index in [-0.39, 0.29) is 24.8 Å². The average molecular weight is 179 g/mol. The molecular weight excluding hydrogens is 161 g/mol. The Morgan fingerprint density at radius 2 is 1.85 bits per heavy atom. The fourth-order valence-electron chi connectivity index (χ4n) is 1.66. The molecule has 1 fully saturated rings. The summed E-state index contributed by atoms with van der Waals surface area (Å²) in [5, 5.41) is 8.74. The zero-order valence-corrected chi connectivity index (χ0v) is 7.79. The Kier molecular flexibility index (Phi) is 5.71. The van der Waals surface area contributed by atoms with Crippen LogP contribution in [-0.4, -0.2) is 54.0 Å². The number of nitrogens with zero attached hydrogens (tertiary/aromatic N) is 1. The van der Waals surface area contributed by atoms with Gasteiger partial charge >= 0.3 is 24.8 Å². The van der Waals surface area contributed by atoms with Crippen LogP contribution in [0.5, 0.6) is 0 Å². The van der Waals surface area contributed by atoms with Gasteiger partial charge in [0.2, 0.25) is 0 Å². The van der Waals surface area contributed by atoms with E-state index < -0.39 is 5.97 Å². The van der Waals surface area contributed by atoms with Gasteiger partial charge in [-0.1, -0.05) is 0 Å². The minimum atomic E-state index is -0.626. The summed E-state index contributed by atoms with van der Waals surface area (Å²) in [4.78, 5) is 12.9. The van der Waals surface area contributed by atoms with Crippen molar-refractivity contribution in [3.05, 3.63) is 0 Å². The molecule has 0 aromatic rings. The Labute approximate surface area is 91.7 Å². The molecule has 0 radical (unpaired) electrons. The Balaban J connectivity index is 0.00000144. The fraction of sp³-hybridized carbons (Fsp3) is 0.889. The van der Waals surface area contributed by atoms with Gasteiger partial charge in [-0.2, -0.15) is 0 Å². The first kappa shape index (κ1) is 13.0. The van der Waals surface area contributed by atoms with Crippen LogP contribution in [-0.2, 0) is 4.79 Å². The third-order valence-electron chi connectivity index (χ3n) is 2.61. The van der Waals surface area contributed by atoms with Crippen LogP contribution in [0.15, 0.2) is 0 Å². The summed E-state index contributed by atoms with van der Waals surface area (Å²) in [7, 11) is 0. The third kappa shape index (κ3) is 3.72. The van der Waals surface area contributed by atoms with Crippen LogP contribution in [0.25, 0.3) is 0 Å². The molecule has 0 unspecified atom stereocenters. The molecule has 1 aliphatic rings. The summed E-state index contributed by atoms with van der Waals surface area (Å²) < 4.78 is 0. The van der Waals surface area contributed by atoms with E-state index >= 15 is 0 Å². The molecular formula is C9H18LiNO2. The first-order valence-electron chi connectivity index (χ1n) is 4.58. The van der Waals surface area contributed by atoms with E-state index in [4.69, 9.17) is 5.11 Å². The Hall–Kier alpha value is 0.0274. The zero-order chi connectivity index (χ0) is 9.14. The van der Waals surface area contributed by atoms with Gasteiger partial charge in [-0.25, -0.2) is 0 Å². The van der Waals surface area contributed by atoms with Crippen LogP contribution >= 0.6 is 0 Å². The van der Waals surface area contributed by atoms with E-state index in [0.29, 0.717) is 6.04 Å². The third-order valence-corrected chi connectivity index (χ3v) is 2.61. The Morgan fingerprint density at radius 3 is 2.15 bits per heavy atom. The molecule has 1 aliphatic heterocycles. The van der Waals surface area contributed by atoms with Crippen LogP contribution in [0.1, 0.15) is 26.7 Å². The van der Waals surface area contributed by atoms with Gasteiger partial charge in [-0.3, -0.25) is 4.79 Å². The number of carbonyl (C=O) groups is 1. The molecule has 0 spiro atoms. The molecule has 0 atom stereocenters. The van der Waals surface area contributed by atoms with E-state index in [1.165, 1.54) is 0 Å². The number of hydrogen-bond donors (Lipinski definition) is 1. The van der Waals surface area contributed by atoms with Gasteiger partial charge in [0.05, 0.1) is 5.92 Å². The summed E-state index contributed by atoms with van der Waals surface area (Å²) in [5.74, 6) is -0.724. The maximum absolute atomic E-state index is 10.6. The van der Waals surface area contributed by atoms with Crippen LogP contribution in [0.3, 0.4) is 0 Å². The molecule has 0 amide bonds. The van der Waals surface area contributed by atoms with Gasteiger partial charge in [-0.15, -0.1) is 0 Å². The number of piperidine rings is 1. The molecule has 0 aromatic carbocycles.